The number of hydrogen-bond acceptors (Lipinski definition) is 6. The first-order valence-corrected chi connectivity index (χ1v) is 8.97. The van der Waals surface area contributed by atoms with Crippen LogP contribution in [-0.2, 0) is 4.79 Å². The summed E-state index contributed by atoms with van der Waals surface area (Å²) < 4.78 is 0. The summed E-state index contributed by atoms with van der Waals surface area (Å²) in [5.41, 5.74) is 0.269. The number of thioether (sulfide) groups is 1. The predicted molar refractivity (Wildman–Crippen MR) is 86.2 cm³/mol. The molecule has 0 bridgehead atoms. The van der Waals surface area contributed by atoms with Crippen molar-refractivity contribution in [3.8, 4) is 0 Å². The average Bonchev–Trinajstić information content (AvgIpc) is 3.16. The minimum Gasteiger partial charge on any atom is -0.354 e. The number of rotatable bonds is 6. The Labute approximate surface area is 136 Å². The lowest BCUT2D eigenvalue weighted by Crippen LogP contribution is -2.47. The second-order valence-electron chi connectivity index (χ2n) is 4.87. The number of unbranched alkanes of at least 4 members (excludes halogenated alkanes) is 1. The monoisotopic (exact) mass is 343 g/mol. The summed E-state index contributed by atoms with van der Waals surface area (Å²) in [7, 11) is 0. The SMILES string of the molecule is CCCCNC(=O)[C@H]1CSCN1C(=O)c1csc([N+](=O)[O-])c1. The van der Waals surface area contributed by atoms with E-state index in [-0.39, 0.29) is 22.4 Å². The average molecular weight is 343 g/mol. The zero-order valence-corrected chi connectivity index (χ0v) is 13.7. The van der Waals surface area contributed by atoms with Crippen LogP contribution in [0.4, 0.5) is 5.00 Å². The summed E-state index contributed by atoms with van der Waals surface area (Å²) in [6.45, 7) is 2.64. The standard InChI is InChI=1S/C13H17N3O4S2/c1-2-3-4-14-12(17)10-7-21-8-15(10)13(18)9-5-11(16(19)20)22-6-9/h5-6,10H,2-4,7-8H2,1H3,(H,14,17)/t10-/m1/s1. The highest BCUT2D eigenvalue weighted by Crippen LogP contribution is 2.27. The fraction of sp³-hybridized carbons (Fsp3) is 0.538. The van der Waals surface area contributed by atoms with Crippen molar-refractivity contribution in [1.82, 2.24) is 10.2 Å². The topological polar surface area (TPSA) is 92.6 Å². The minimum atomic E-state index is -0.519. The molecule has 0 unspecified atom stereocenters. The predicted octanol–water partition coefficient (Wildman–Crippen LogP) is 2.09. The summed E-state index contributed by atoms with van der Waals surface area (Å²) >= 11 is 2.43. The van der Waals surface area contributed by atoms with E-state index >= 15 is 0 Å². The molecule has 0 spiro atoms. The normalized spacial score (nSPS) is 17.5. The van der Waals surface area contributed by atoms with Crippen LogP contribution < -0.4 is 5.32 Å². The molecule has 1 N–H and O–H groups in total. The number of thiophene rings is 1. The van der Waals surface area contributed by atoms with E-state index < -0.39 is 11.0 Å². The van der Waals surface area contributed by atoms with Gasteiger partial charge in [-0.15, -0.1) is 11.8 Å². The zero-order chi connectivity index (χ0) is 16.1. The Hall–Kier alpha value is -1.61. The maximum atomic E-state index is 12.4. The van der Waals surface area contributed by atoms with Crippen LogP contribution in [-0.4, -0.2) is 45.9 Å². The first kappa shape index (κ1) is 16.8. The summed E-state index contributed by atoms with van der Waals surface area (Å²) in [4.78, 5) is 36.3. The van der Waals surface area contributed by atoms with E-state index in [1.54, 1.807) is 0 Å². The molecule has 2 rings (SSSR count). The Bertz CT molecular complexity index is 575. The highest BCUT2D eigenvalue weighted by molar-refractivity contribution is 7.99. The van der Waals surface area contributed by atoms with E-state index in [2.05, 4.69) is 5.32 Å². The largest absolute Gasteiger partial charge is 0.354 e. The fourth-order valence-corrected chi connectivity index (χ4v) is 3.92. The molecule has 1 aromatic rings. The summed E-state index contributed by atoms with van der Waals surface area (Å²) in [5, 5.41) is 14.9. The smallest absolute Gasteiger partial charge is 0.324 e. The molecule has 22 heavy (non-hydrogen) atoms. The Morgan fingerprint density at radius 1 is 1.55 bits per heavy atom. The number of amides is 2. The molecule has 2 heterocycles. The van der Waals surface area contributed by atoms with Gasteiger partial charge < -0.3 is 10.2 Å². The molecule has 0 saturated carbocycles. The molecular weight excluding hydrogens is 326 g/mol. The van der Waals surface area contributed by atoms with Gasteiger partial charge in [-0.1, -0.05) is 24.7 Å². The van der Waals surface area contributed by atoms with Crippen molar-refractivity contribution >= 4 is 39.9 Å². The lowest BCUT2D eigenvalue weighted by molar-refractivity contribution is -0.380. The fourth-order valence-electron chi connectivity index (χ4n) is 2.06. The van der Waals surface area contributed by atoms with Crippen LogP contribution in [0.2, 0.25) is 0 Å². The van der Waals surface area contributed by atoms with E-state index in [0.717, 1.165) is 24.2 Å². The lowest BCUT2D eigenvalue weighted by Gasteiger charge is -2.22. The van der Waals surface area contributed by atoms with Crippen molar-refractivity contribution in [3.05, 3.63) is 27.1 Å². The van der Waals surface area contributed by atoms with Crippen molar-refractivity contribution < 1.29 is 14.5 Å². The van der Waals surface area contributed by atoms with Crippen LogP contribution in [0.25, 0.3) is 0 Å². The first-order valence-electron chi connectivity index (χ1n) is 6.94. The molecule has 0 aliphatic carbocycles. The van der Waals surface area contributed by atoms with Crippen molar-refractivity contribution in [1.29, 1.82) is 0 Å². The van der Waals surface area contributed by atoms with E-state index in [9.17, 15) is 19.7 Å². The third-order valence-electron chi connectivity index (χ3n) is 3.29. The second-order valence-corrected chi connectivity index (χ2v) is 6.76. The Morgan fingerprint density at radius 2 is 2.32 bits per heavy atom. The molecular formula is C13H17N3O4S2. The van der Waals surface area contributed by atoms with Crippen LogP contribution in [0.3, 0.4) is 0 Å². The van der Waals surface area contributed by atoms with Gasteiger partial charge in [0.2, 0.25) is 5.91 Å². The summed E-state index contributed by atoms with van der Waals surface area (Å²) in [6, 6.07) is 0.760. The van der Waals surface area contributed by atoms with E-state index in [0.29, 0.717) is 18.2 Å². The lowest BCUT2D eigenvalue weighted by atomic mass is 10.2. The highest BCUT2D eigenvalue weighted by Gasteiger charge is 2.35. The molecule has 9 heteroatoms. The third kappa shape index (κ3) is 3.77. The minimum absolute atomic E-state index is 0.0702. The van der Waals surface area contributed by atoms with Gasteiger partial charge in [-0.25, -0.2) is 0 Å². The molecule has 120 valence electrons. The van der Waals surface area contributed by atoms with Gasteiger partial charge in [-0.2, -0.15) is 0 Å². The van der Waals surface area contributed by atoms with Gasteiger partial charge in [0.05, 0.1) is 16.4 Å². The van der Waals surface area contributed by atoms with E-state index in [1.165, 1.54) is 28.1 Å². The molecule has 1 fully saturated rings. The maximum absolute atomic E-state index is 12.4. The van der Waals surface area contributed by atoms with Crippen LogP contribution in [0.1, 0.15) is 30.1 Å². The molecule has 0 radical (unpaired) electrons. The van der Waals surface area contributed by atoms with Crippen molar-refractivity contribution in [3.63, 3.8) is 0 Å². The molecule has 7 nitrogen and oxygen atoms in total. The van der Waals surface area contributed by atoms with Crippen LogP contribution >= 0.6 is 23.1 Å². The second kappa shape index (κ2) is 7.59. The molecule has 1 atom stereocenters. The zero-order valence-electron chi connectivity index (χ0n) is 12.1. The maximum Gasteiger partial charge on any atom is 0.324 e. The molecule has 2 amide bonds. The van der Waals surface area contributed by atoms with Crippen molar-refractivity contribution in [2.24, 2.45) is 0 Å². The van der Waals surface area contributed by atoms with E-state index in [1.807, 2.05) is 6.92 Å². The van der Waals surface area contributed by atoms with Crippen LogP contribution in [0, 0.1) is 10.1 Å². The number of nitrogens with zero attached hydrogens (tertiary/aromatic N) is 2. The van der Waals surface area contributed by atoms with Gasteiger partial charge >= 0.3 is 5.00 Å². The Morgan fingerprint density at radius 3 is 2.95 bits per heavy atom. The first-order chi connectivity index (χ1) is 10.5. The molecule has 1 saturated heterocycles. The number of carbonyl (C=O) groups is 2. The number of nitrogens with one attached hydrogen (secondary N) is 1. The Kier molecular flexibility index (Phi) is 5.78. The van der Waals surface area contributed by atoms with Gasteiger partial charge in [0.1, 0.15) is 6.04 Å². The van der Waals surface area contributed by atoms with Gasteiger partial charge in [0.15, 0.2) is 0 Å². The molecule has 0 aromatic carbocycles. The van der Waals surface area contributed by atoms with E-state index in [4.69, 9.17) is 0 Å². The summed E-state index contributed by atoms with van der Waals surface area (Å²) in [5.74, 6) is 0.492. The summed E-state index contributed by atoms with van der Waals surface area (Å²) in [6.07, 6.45) is 1.89. The molecule has 1 aliphatic rings. The van der Waals surface area contributed by atoms with Gasteiger partial charge in [0, 0.05) is 23.7 Å². The number of nitro groups is 1. The molecule has 1 aliphatic heterocycles. The van der Waals surface area contributed by atoms with Gasteiger partial charge in [0.25, 0.3) is 5.91 Å². The van der Waals surface area contributed by atoms with Gasteiger partial charge in [-0.3, -0.25) is 19.7 Å². The van der Waals surface area contributed by atoms with Crippen LogP contribution in [0.15, 0.2) is 11.4 Å². The van der Waals surface area contributed by atoms with Crippen molar-refractivity contribution in [2.45, 2.75) is 25.8 Å². The Balaban J connectivity index is 2.04. The van der Waals surface area contributed by atoms with Crippen LogP contribution in [0.5, 0.6) is 0 Å². The highest BCUT2D eigenvalue weighted by atomic mass is 32.2. The third-order valence-corrected chi connectivity index (χ3v) is 5.18. The molecule has 1 aromatic heterocycles. The number of hydrogen-bond donors (Lipinski definition) is 1. The number of carbonyl (C=O) groups excluding carboxylic acids is 2. The van der Waals surface area contributed by atoms with Crippen molar-refractivity contribution in [2.75, 3.05) is 18.2 Å². The quantitative estimate of drug-likeness (QED) is 0.485. The van der Waals surface area contributed by atoms with Gasteiger partial charge in [-0.05, 0) is 6.42 Å².